The molecule has 2 unspecified atom stereocenters. The Morgan fingerprint density at radius 3 is 2.74 bits per heavy atom. The minimum atomic E-state index is 0.691. The average molecular weight is 258 g/mol. The molecular formula is C17H26N2. The van der Waals surface area contributed by atoms with Crippen molar-refractivity contribution >= 4 is 0 Å². The smallest absolute Gasteiger partial charge is 0.0239 e. The fraction of sp³-hybridized carbons (Fsp3) is 0.647. The Hall–Kier alpha value is -0.860. The molecule has 1 saturated carbocycles. The van der Waals surface area contributed by atoms with E-state index in [-0.39, 0.29) is 0 Å². The lowest BCUT2D eigenvalue weighted by molar-refractivity contribution is 0.190. The van der Waals surface area contributed by atoms with Crippen molar-refractivity contribution in [1.29, 1.82) is 0 Å². The summed E-state index contributed by atoms with van der Waals surface area (Å²) in [5, 5.41) is 3.76. The predicted octanol–water partition coefficient (Wildman–Crippen LogP) is 2.96. The molecule has 104 valence electrons. The summed E-state index contributed by atoms with van der Waals surface area (Å²) in [5.41, 5.74) is 2.92. The topological polar surface area (TPSA) is 15.3 Å². The predicted molar refractivity (Wildman–Crippen MR) is 80.2 cm³/mol. The van der Waals surface area contributed by atoms with Crippen LogP contribution in [0.5, 0.6) is 0 Å². The molecule has 19 heavy (non-hydrogen) atoms. The van der Waals surface area contributed by atoms with E-state index in [1.165, 1.54) is 43.5 Å². The lowest BCUT2D eigenvalue weighted by Gasteiger charge is -2.29. The third kappa shape index (κ3) is 3.18. The Balaban J connectivity index is 1.71. The molecular weight excluding hydrogens is 232 g/mol. The highest BCUT2D eigenvalue weighted by atomic mass is 15.2. The third-order valence-corrected chi connectivity index (χ3v) is 4.85. The normalized spacial score (nSPS) is 29.2. The molecule has 0 aromatic heterocycles. The zero-order valence-corrected chi connectivity index (χ0v) is 12.2. The Labute approximate surface area is 117 Å². The summed E-state index contributed by atoms with van der Waals surface area (Å²) >= 11 is 0. The Bertz CT molecular complexity index is 425. The van der Waals surface area contributed by atoms with E-state index in [1.54, 1.807) is 0 Å². The summed E-state index contributed by atoms with van der Waals surface area (Å²) in [6.07, 6.45) is 4.14. The van der Waals surface area contributed by atoms with Gasteiger partial charge in [-0.1, -0.05) is 24.3 Å². The molecule has 1 aromatic carbocycles. The van der Waals surface area contributed by atoms with Crippen LogP contribution >= 0.6 is 0 Å². The standard InChI is InChI=1S/C17H26N2/c1-13-5-3-4-6-16(13)11-19-12-17(15-7-8-15)18-10-9-14(19)2/h3-6,14-15,17-18H,7-12H2,1-2H3. The summed E-state index contributed by atoms with van der Waals surface area (Å²) in [6, 6.07) is 10.2. The van der Waals surface area contributed by atoms with Crippen LogP contribution in [0.25, 0.3) is 0 Å². The Morgan fingerprint density at radius 2 is 2.00 bits per heavy atom. The van der Waals surface area contributed by atoms with E-state index < -0.39 is 0 Å². The maximum absolute atomic E-state index is 3.76. The first kappa shape index (κ1) is 13.1. The number of hydrogen-bond acceptors (Lipinski definition) is 2. The minimum Gasteiger partial charge on any atom is -0.312 e. The molecule has 0 amide bonds. The lowest BCUT2D eigenvalue weighted by atomic mass is 10.1. The van der Waals surface area contributed by atoms with E-state index in [2.05, 4.69) is 48.3 Å². The van der Waals surface area contributed by atoms with Crippen molar-refractivity contribution in [3.05, 3.63) is 35.4 Å². The van der Waals surface area contributed by atoms with Crippen molar-refractivity contribution in [2.45, 2.75) is 51.7 Å². The fourth-order valence-electron chi connectivity index (χ4n) is 3.20. The SMILES string of the molecule is Cc1ccccc1CN1CC(C2CC2)NCCC1C. The quantitative estimate of drug-likeness (QED) is 0.896. The van der Waals surface area contributed by atoms with Gasteiger partial charge in [-0.05, 0) is 56.7 Å². The molecule has 2 nitrogen and oxygen atoms in total. The van der Waals surface area contributed by atoms with Gasteiger partial charge >= 0.3 is 0 Å². The van der Waals surface area contributed by atoms with Gasteiger partial charge in [-0.25, -0.2) is 0 Å². The van der Waals surface area contributed by atoms with Crippen LogP contribution in [-0.2, 0) is 6.54 Å². The summed E-state index contributed by atoms with van der Waals surface area (Å²) in [4.78, 5) is 2.69. The van der Waals surface area contributed by atoms with Gasteiger partial charge in [0.15, 0.2) is 0 Å². The van der Waals surface area contributed by atoms with E-state index in [4.69, 9.17) is 0 Å². The van der Waals surface area contributed by atoms with Gasteiger partial charge in [0.05, 0.1) is 0 Å². The molecule has 1 aromatic rings. The van der Waals surface area contributed by atoms with Crippen molar-refractivity contribution in [1.82, 2.24) is 10.2 Å². The van der Waals surface area contributed by atoms with E-state index in [0.717, 1.165) is 18.5 Å². The second-order valence-electron chi connectivity index (χ2n) is 6.39. The van der Waals surface area contributed by atoms with E-state index >= 15 is 0 Å². The molecule has 2 atom stereocenters. The maximum atomic E-state index is 3.76. The van der Waals surface area contributed by atoms with Gasteiger partial charge in [0.2, 0.25) is 0 Å². The first-order chi connectivity index (χ1) is 9.24. The zero-order valence-electron chi connectivity index (χ0n) is 12.2. The first-order valence-corrected chi connectivity index (χ1v) is 7.76. The Morgan fingerprint density at radius 1 is 1.21 bits per heavy atom. The highest BCUT2D eigenvalue weighted by Gasteiger charge is 2.34. The van der Waals surface area contributed by atoms with Crippen LogP contribution in [0.2, 0.25) is 0 Å². The largest absolute Gasteiger partial charge is 0.312 e. The maximum Gasteiger partial charge on any atom is 0.0239 e. The molecule has 2 aliphatic rings. The van der Waals surface area contributed by atoms with Crippen LogP contribution in [0.3, 0.4) is 0 Å². The van der Waals surface area contributed by atoms with Gasteiger partial charge in [-0.15, -0.1) is 0 Å². The summed E-state index contributed by atoms with van der Waals surface area (Å²) in [6.45, 7) is 8.13. The molecule has 1 heterocycles. The highest BCUT2D eigenvalue weighted by Crippen LogP contribution is 2.34. The van der Waals surface area contributed by atoms with Gasteiger partial charge in [0.1, 0.15) is 0 Å². The zero-order chi connectivity index (χ0) is 13.2. The van der Waals surface area contributed by atoms with Crippen LogP contribution in [0.4, 0.5) is 0 Å². The number of nitrogens with one attached hydrogen (secondary N) is 1. The third-order valence-electron chi connectivity index (χ3n) is 4.85. The number of aryl methyl sites for hydroxylation is 1. The van der Waals surface area contributed by atoms with Crippen molar-refractivity contribution in [2.75, 3.05) is 13.1 Å². The molecule has 0 radical (unpaired) electrons. The average Bonchev–Trinajstić information content (AvgIpc) is 3.22. The van der Waals surface area contributed by atoms with Crippen LogP contribution in [0.1, 0.15) is 37.3 Å². The van der Waals surface area contributed by atoms with Gasteiger partial charge in [0.25, 0.3) is 0 Å². The molecule has 0 spiro atoms. The van der Waals surface area contributed by atoms with Gasteiger partial charge < -0.3 is 5.32 Å². The number of hydrogen-bond donors (Lipinski definition) is 1. The van der Waals surface area contributed by atoms with Crippen molar-refractivity contribution < 1.29 is 0 Å². The van der Waals surface area contributed by atoms with E-state index in [9.17, 15) is 0 Å². The molecule has 0 bridgehead atoms. The van der Waals surface area contributed by atoms with E-state index in [0.29, 0.717) is 6.04 Å². The lowest BCUT2D eigenvalue weighted by Crippen LogP contribution is -2.41. The first-order valence-electron chi connectivity index (χ1n) is 7.76. The molecule has 3 rings (SSSR count). The van der Waals surface area contributed by atoms with Crippen molar-refractivity contribution in [3.63, 3.8) is 0 Å². The number of benzene rings is 1. The van der Waals surface area contributed by atoms with Crippen LogP contribution in [-0.4, -0.2) is 30.1 Å². The second kappa shape index (κ2) is 5.64. The van der Waals surface area contributed by atoms with Crippen LogP contribution in [0, 0.1) is 12.8 Å². The van der Waals surface area contributed by atoms with Crippen LogP contribution < -0.4 is 5.32 Å². The summed E-state index contributed by atoms with van der Waals surface area (Å²) < 4.78 is 0. The molecule has 1 aliphatic carbocycles. The van der Waals surface area contributed by atoms with Crippen LogP contribution in [0.15, 0.2) is 24.3 Å². The molecule has 1 saturated heterocycles. The highest BCUT2D eigenvalue weighted by molar-refractivity contribution is 5.25. The molecule has 1 N–H and O–H groups in total. The Kier molecular flexibility index (Phi) is 3.90. The summed E-state index contributed by atoms with van der Waals surface area (Å²) in [7, 11) is 0. The van der Waals surface area contributed by atoms with Gasteiger partial charge in [-0.2, -0.15) is 0 Å². The van der Waals surface area contributed by atoms with Gasteiger partial charge in [-0.3, -0.25) is 4.90 Å². The van der Waals surface area contributed by atoms with Gasteiger partial charge in [0, 0.05) is 25.2 Å². The van der Waals surface area contributed by atoms with E-state index in [1.807, 2.05) is 0 Å². The second-order valence-corrected chi connectivity index (χ2v) is 6.39. The minimum absolute atomic E-state index is 0.691. The van der Waals surface area contributed by atoms with Crippen molar-refractivity contribution in [2.24, 2.45) is 5.92 Å². The number of rotatable bonds is 3. The molecule has 2 fully saturated rings. The number of nitrogens with zero attached hydrogens (tertiary/aromatic N) is 1. The van der Waals surface area contributed by atoms with Crippen molar-refractivity contribution in [3.8, 4) is 0 Å². The summed E-state index contributed by atoms with van der Waals surface area (Å²) in [5.74, 6) is 0.949. The fourth-order valence-corrected chi connectivity index (χ4v) is 3.20. The molecule has 2 heteroatoms. The molecule has 1 aliphatic heterocycles. The monoisotopic (exact) mass is 258 g/mol.